The van der Waals surface area contributed by atoms with E-state index in [9.17, 15) is 43.8 Å². The highest BCUT2D eigenvalue weighted by atomic mass is 32.1. The number of esters is 1. The number of phenols is 1. The molecule has 0 aliphatic carbocycles. The van der Waals surface area contributed by atoms with E-state index in [1.165, 1.54) is 45.2 Å². The average molecular weight is 817 g/mol. The maximum absolute atomic E-state index is 13.6. The Kier molecular flexibility index (Phi) is 19.1. The van der Waals surface area contributed by atoms with Crippen molar-refractivity contribution in [2.45, 2.75) is 131 Å². The lowest BCUT2D eigenvalue weighted by Gasteiger charge is -2.34. The third kappa shape index (κ3) is 15.4. The first-order chi connectivity index (χ1) is 26.7. The number of amides is 5. The molecule has 0 aliphatic rings. The number of anilines is 1. The van der Waals surface area contributed by atoms with E-state index >= 15 is 0 Å². The molecule has 0 spiro atoms. The molecule has 316 valence electrons. The van der Waals surface area contributed by atoms with E-state index in [1.54, 1.807) is 24.9 Å². The maximum Gasteiger partial charge on any atom is 0.306 e. The quantitative estimate of drug-likeness (QED) is 0.0712. The Morgan fingerprint density at radius 2 is 1.56 bits per heavy atom. The lowest BCUT2D eigenvalue weighted by molar-refractivity contribution is -0.148. The van der Waals surface area contributed by atoms with Crippen LogP contribution in [0.1, 0.15) is 122 Å². The number of carboxylic acid groups (broad SMARTS) is 1. The van der Waals surface area contributed by atoms with Gasteiger partial charge in [0, 0.05) is 50.7 Å². The molecule has 0 bridgehead atoms. The summed E-state index contributed by atoms with van der Waals surface area (Å²) in [5.41, 5.74) is 0.592. The number of rotatable bonds is 22. The largest absolute Gasteiger partial charge is 0.506 e. The van der Waals surface area contributed by atoms with Crippen LogP contribution in [-0.4, -0.2) is 92.8 Å². The third-order valence-electron chi connectivity index (χ3n) is 9.71. The summed E-state index contributed by atoms with van der Waals surface area (Å²) in [4.78, 5) is 94.1. The van der Waals surface area contributed by atoms with Crippen LogP contribution in [0.15, 0.2) is 23.6 Å². The summed E-state index contributed by atoms with van der Waals surface area (Å²) in [5.74, 6) is -4.67. The Balaban J connectivity index is 2.28. The number of aromatic hydroxyl groups is 1. The molecule has 0 aliphatic heterocycles. The summed E-state index contributed by atoms with van der Waals surface area (Å²) >= 11 is 1.13. The number of nitrogens with one attached hydrogen (secondary N) is 4. The lowest BCUT2D eigenvalue weighted by Crippen LogP contribution is -2.50. The van der Waals surface area contributed by atoms with Gasteiger partial charge in [0.25, 0.3) is 5.91 Å². The maximum atomic E-state index is 13.6. The molecule has 1 heterocycles. The van der Waals surface area contributed by atoms with Crippen LogP contribution in [0.3, 0.4) is 0 Å². The van der Waals surface area contributed by atoms with Gasteiger partial charge in [-0.1, -0.05) is 54.0 Å². The predicted octanol–water partition coefficient (Wildman–Crippen LogP) is 4.57. The van der Waals surface area contributed by atoms with E-state index in [0.717, 1.165) is 17.8 Å². The molecule has 1 aromatic carbocycles. The standard InChI is InChI=1S/C40H60N6O10S/c1-11-22(5)15-35(50)46(10)31(21(3)4)19-33(56-26(9)47)39-45-30(20-57-39)38(53)43-28(16-23(6)40(54)55)17-27-13-14-32(48)29(18-27)44-37(52)25(8)42-36(51)24(7)41-34(49)12-2/h13-14,18,20-25,28,31,33,48H,11-12,15-17,19H2,1-10H3,(H,41,49)(H,42,51)(H,43,53)(H,44,52)(H,54,55)/t22-,23-,24-,25-,28+,31?,33+/m0/s1. The molecule has 57 heavy (non-hydrogen) atoms. The molecule has 17 heteroatoms. The van der Waals surface area contributed by atoms with E-state index in [2.05, 4.69) is 26.3 Å². The van der Waals surface area contributed by atoms with Gasteiger partial charge in [0.15, 0.2) is 6.10 Å². The predicted molar refractivity (Wildman–Crippen MR) is 215 cm³/mol. The molecule has 5 amide bonds. The van der Waals surface area contributed by atoms with Crippen molar-refractivity contribution in [1.29, 1.82) is 0 Å². The smallest absolute Gasteiger partial charge is 0.306 e. The molecule has 2 rings (SSSR count). The van der Waals surface area contributed by atoms with Gasteiger partial charge in [0.2, 0.25) is 23.6 Å². The Hall–Kier alpha value is -5.06. The number of carbonyl (C=O) groups is 7. The van der Waals surface area contributed by atoms with Crippen molar-refractivity contribution in [2.24, 2.45) is 17.8 Å². The highest BCUT2D eigenvalue weighted by Crippen LogP contribution is 2.31. The van der Waals surface area contributed by atoms with Crippen molar-refractivity contribution >= 4 is 58.5 Å². The number of phenolic OH excluding ortho intramolecular Hbond substituents is 1. The van der Waals surface area contributed by atoms with E-state index in [-0.39, 0.29) is 72.5 Å². The Labute approximate surface area is 338 Å². The first-order valence-electron chi connectivity index (χ1n) is 19.3. The second kappa shape index (κ2) is 22.6. The number of aliphatic carboxylic acids is 1. The molecule has 7 atom stereocenters. The number of thiazole rings is 1. The summed E-state index contributed by atoms with van der Waals surface area (Å²) in [7, 11) is 1.74. The topological polar surface area (TPSA) is 233 Å². The number of benzene rings is 1. The molecular weight excluding hydrogens is 757 g/mol. The zero-order valence-corrected chi connectivity index (χ0v) is 35.5. The minimum absolute atomic E-state index is 0.0152. The first kappa shape index (κ1) is 48.1. The van der Waals surface area contributed by atoms with Crippen LogP contribution < -0.4 is 21.3 Å². The third-order valence-corrected chi connectivity index (χ3v) is 10.7. The number of nitrogens with zero attached hydrogens (tertiary/aromatic N) is 2. The van der Waals surface area contributed by atoms with Crippen LogP contribution in [0.4, 0.5) is 5.69 Å². The fraction of sp³-hybridized carbons (Fsp3) is 0.600. The van der Waals surface area contributed by atoms with Crippen molar-refractivity contribution in [3.8, 4) is 5.75 Å². The molecule has 0 saturated heterocycles. The van der Waals surface area contributed by atoms with Gasteiger partial charge >= 0.3 is 11.9 Å². The van der Waals surface area contributed by atoms with E-state index in [0.29, 0.717) is 17.0 Å². The number of ether oxygens (including phenoxy) is 1. The van der Waals surface area contributed by atoms with Gasteiger partial charge in [-0.25, -0.2) is 4.98 Å². The van der Waals surface area contributed by atoms with Crippen molar-refractivity contribution in [3.05, 3.63) is 39.8 Å². The number of carboxylic acids is 1. The highest BCUT2D eigenvalue weighted by molar-refractivity contribution is 7.09. The Morgan fingerprint density at radius 1 is 0.912 bits per heavy atom. The average Bonchev–Trinajstić information content (AvgIpc) is 3.64. The summed E-state index contributed by atoms with van der Waals surface area (Å²) in [6.45, 7) is 15.4. The molecule has 2 aromatic rings. The van der Waals surface area contributed by atoms with Crippen LogP contribution in [0.5, 0.6) is 5.75 Å². The van der Waals surface area contributed by atoms with Gasteiger partial charge in [0.1, 0.15) is 28.5 Å². The van der Waals surface area contributed by atoms with Crippen molar-refractivity contribution in [3.63, 3.8) is 0 Å². The second-order valence-corrected chi connectivity index (χ2v) is 15.9. The van der Waals surface area contributed by atoms with Crippen LogP contribution >= 0.6 is 11.3 Å². The zero-order chi connectivity index (χ0) is 43.1. The summed E-state index contributed by atoms with van der Waals surface area (Å²) < 4.78 is 5.68. The number of carbonyl (C=O) groups excluding carboxylic acids is 6. The van der Waals surface area contributed by atoms with Gasteiger partial charge in [-0.3, -0.25) is 33.6 Å². The van der Waals surface area contributed by atoms with Gasteiger partial charge < -0.3 is 41.1 Å². The fourth-order valence-electron chi connectivity index (χ4n) is 5.94. The van der Waals surface area contributed by atoms with Gasteiger partial charge in [-0.2, -0.15) is 0 Å². The molecule has 0 fully saturated rings. The SMILES string of the molecule is CCC(=O)N[C@@H](C)C(=O)N[C@@H](C)C(=O)Nc1cc(C[C@@H](C[C@H](C)C(=O)O)NC(=O)c2csc([C@@H](CC(C(C)C)N(C)C(=O)C[C@@H](C)CC)OC(C)=O)n2)ccc1O. The normalized spacial score (nSPS) is 14.9. The van der Waals surface area contributed by atoms with Crippen LogP contribution in [0, 0.1) is 17.8 Å². The number of hydrogen-bond donors (Lipinski definition) is 6. The Morgan fingerprint density at radius 3 is 2.14 bits per heavy atom. The van der Waals surface area contributed by atoms with Crippen LogP contribution in [0.25, 0.3) is 0 Å². The summed E-state index contributed by atoms with van der Waals surface area (Å²) in [5, 5.41) is 32.6. The highest BCUT2D eigenvalue weighted by Gasteiger charge is 2.32. The van der Waals surface area contributed by atoms with Gasteiger partial charge in [-0.05, 0) is 56.2 Å². The van der Waals surface area contributed by atoms with E-state index in [4.69, 9.17) is 4.74 Å². The number of aromatic nitrogens is 1. The van der Waals surface area contributed by atoms with E-state index < -0.39 is 59.8 Å². The van der Waals surface area contributed by atoms with Gasteiger partial charge in [-0.15, -0.1) is 11.3 Å². The molecule has 16 nitrogen and oxygen atoms in total. The first-order valence-corrected chi connectivity index (χ1v) is 20.2. The van der Waals surface area contributed by atoms with Crippen LogP contribution in [0.2, 0.25) is 0 Å². The minimum Gasteiger partial charge on any atom is -0.506 e. The minimum atomic E-state index is -1.07. The zero-order valence-electron chi connectivity index (χ0n) is 34.6. The Bertz CT molecular complexity index is 1730. The van der Waals surface area contributed by atoms with Crippen molar-refractivity contribution < 1.29 is 48.5 Å². The molecule has 0 radical (unpaired) electrons. The summed E-state index contributed by atoms with van der Waals surface area (Å²) in [6, 6.07) is 1.45. The monoisotopic (exact) mass is 816 g/mol. The molecule has 6 N–H and O–H groups in total. The molecule has 0 saturated carbocycles. The second-order valence-electron chi connectivity index (χ2n) is 15.0. The van der Waals surface area contributed by atoms with Crippen LogP contribution in [-0.2, 0) is 39.9 Å². The summed E-state index contributed by atoms with van der Waals surface area (Å²) in [6.07, 6.45) is 0.990. The van der Waals surface area contributed by atoms with Gasteiger partial charge in [0.05, 0.1) is 11.6 Å². The fourth-order valence-corrected chi connectivity index (χ4v) is 6.78. The molecular formula is C40H60N6O10S. The molecule has 1 unspecified atom stereocenters. The molecule has 1 aromatic heterocycles. The lowest BCUT2D eigenvalue weighted by atomic mass is 9.95. The van der Waals surface area contributed by atoms with E-state index in [1.807, 2.05) is 27.7 Å². The van der Waals surface area contributed by atoms with Crippen molar-refractivity contribution in [2.75, 3.05) is 12.4 Å². The van der Waals surface area contributed by atoms with Crippen molar-refractivity contribution in [1.82, 2.24) is 25.8 Å². The number of hydrogen-bond acceptors (Lipinski definition) is 11.